The Balaban J connectivity index is 2.03. The zero-order valence-electron chi connectivity index (χ0n) is 15.8. The van der Waals surface area contributed by atoms with Crippen LogP contribution in [0.3, 0.4) is 0 Å². The zero-order valence-corrected chi connectivity index (χ0v) is 16.6. The molecule has 1 atom stereocenters. The number of ether oxygens (including phenoxy) is 2. The van der Waals surface area contributed by atoms with E-state index in [4.69, 9.17) is 9.47 Å². The summed E-state index contributed by atoms with van der Waals surface area (Å²) in [4.78, 5) is 36.6. The van der Waals surface area contributed by atoms with Crippen molar-refractivity contribution in [1.29, 1.82) is 0 Å². The molecule has 1 aliphatic heterocycles. The van der Waals surface area contributed by atoms with E-state index in [0.29, 0.717) is 12.3 Å². The third-order valence-electron chi connectivity index (χ3n) is 4.07. The summed E-state index contributed by atoms with van der Waals surface area (Å²) in [7, 11) is -2.55. The second-order valence-corrected chi connectivity index (χ2v) is 8.12. The van der Waals surface area contributed by atoms with Crippen molar-refractivity contribution in [3.63, 3.8) is 0 Å². The summed E-state index contributed by atoms with van der Waals surface area (Å²) in [5.74, 6) is -1.53. The monoisotopic (exact) mass is 413 g/mol. The van der Waals surface area contributed by atoms with E-state index in [9.17, 15) is 22.8 Å². The molecule has 0 bridgehead atoms. The van der Waals surface area contributed by atoms with Gasteiger partial charge in [-0.1, -0.05) is 13.8 Å². The summed E-state index contributed by atoms with van der Waals surface area (Å²) in [6.45, 7) is 3.14. The van der Waals surface area contributed by atoms with Crippen molar-refractivity contribution in [3.05, 3.63) is 24.3 Å². The van der Waals surface area contributed by atoms with Gasteiger partial charge in [-0.3, -0.25) is 14.5 Å². The molecule has 11 heteroatoms. The fraction of sp³-hybridized carbons (Fsp3) is 0.471. The van der Waals surface area contributed by atoms with Gasteiger partial charge in [-0.15, -0.1) is 0 Å². The van der Waals surface area contributed by atoms with E-state index in [-0.39, 0.29) is 11.4 Å². The normalized spacial score (nSPS) is 15.3. The number of urea groups is 1. The lowest BCUT2D eigenvalue weighted by atomic mass is 10.1. The fourth-order valence-electron chi connectivity index (χ4n) is 2.46. The molecule has 0 spiro atoms. The highest BCUT2D eigenvalue weighted by Gasteiger charge is 2.32. The number of nitrogens with zero attached hydrogens (tertiary/aromatic N) is 1. The highest BCUT2D eigenvalue weighted by Crippen LogP contribution is 2.17. The molecule has 2 N–H and O–H groups in total. The molecule has 1 unspecified atom stereocenters. The molecule has 0 saturated carbocycles. The molecule has 28 heavy (non-hydrogen) atoms. The minimum absolute atomic E-state index is 0.0448. The average Bonchev–Trinajstić information content (AvgIpc) is 3.09. The van der Waals surface area contributed by atoms with Crippen molar-refractivity contribution in [2.75, 3.05) is 26.8 Å². The van der Waals surface area contributed by atoms with Crippen LogP contribution in [0.5, 0.6) is 5.75 Å². The Kier molecular flexibility index (Phi) is 6.97. The first-order valence-electron chi connectivity index (χ1n) is 8.57. The first-order chi connectivity index (χ1) is 13.2. The third-order valence-corrected chi connectivity index (χ3v) is 5.53. The highest BCUT2D eigenvalue weighted by molar-refractivity contribution is 7.89. The number of nitrogens with one attached hydrogen (secondary N) is 2. The van der Waals surface area contributed by atoms with Gasteiger partial charge in [0, 0.05) is 13.1 Å². The number of amides is 3. The molecule has 3 amide bonds. The number of hydrogen-bond donors (Lipinski definition) is 2. The number of rotatable bonds is 8. The molecule has 1 aromatic rings. The maximum atomic E-state index is 12.6. The molecule has 1 aromatic carbocycles. The number of carbonyl (C=O) groups excluding carboxylic acids is 3. The van der Waals surface area contributed by atoms with Gasteiger partial charge >= 0.3 is 12.0 Å². The van der Waals surface area contributed by atoms with Gasteiger partial charge in [0.1, 0.15) is 11.8 Å². The van der Waals surface area contributed by atoms with E-state index >= 15 is 0 Å². The fourth-order valence-corrected chi connectivity index (χ4v) is 3.79. The van der Waals surface area contributed by atoms with E-state index in [2.05, 4.69) is 10.0 Å². The minimum Gasteiger partial charge on any atom is -0.497 e. The van der Waals surface area contributed by atoms with Crippen molar-refractivity contribution in [2.45, 2.75) is 24.8 Å². The lowest BCUT2D eigenvalue weighted by molar-refractivity contribution is -0.153. The summed E-state index contributed by atoms with van der Waals surface area (Å²) in [5, 5.41) is 2.46. The van der Waals surface area contributed by atoms with Crippen LogP contribution >= 0.6 is 0 Å². The van der Waals surface area contributed by atoms with E-state index in [1.807, 2.05) is 0 Å². The second-order valence-electron chi connectivity index (χ2n) is 6.40. The quantitative estimate of drug-likeness (QED) is 0.578. The van der Waals surface area contributed by atoms with Gasteiger partial charge in [-0.25, -0.2) is 13.2 Å². The molecule has 2 rings (SSSR count). The van der Waals surface area contributed by atoms with Gasteiger partial charge in [0.2, 0.25) is 10.0 Å². The van der Waals surface area contributed by atoms with E-state index in [1.165, 1.54) is 31.4 Å². The highest BCUT2D eigenvalue weighted by atomic mass is 32.2. The Morgan fingerprint density at radius 2 is 1.89 bits per heavy atom. The first-order valence-corrected chi connectivity index (χ1v) is 10.0. The molecule has 154 valence electrons. The Hall–Kier alpha value is -2.66. The third kappa shape index (κ3) is 5.20. The van der Waals surface area contributed by atoms with Crippen LogP contribution in [0.15, 0.2) is 29.2 Å². The van der Waals surface area contributed by atoms with Gasteiger partial charge in [-0.2, -0.15) is 4.72 Å². The van der Waals surface area contributed by atoms with Crippen LogP contribution in [0.1, 0.15) is 13.8 Å². The molecule has 1 heterocycles. The van der Waals surface area contributed by atoms with Gasteiger partial charge in [-0.05, 0) is 30.2 Å². The van der Waals surface area contributed by atoms with Crippen molar-refractivity contribution in [2.24, 2.45) is 5.92 Å². The Morgan fingerprint density at radius 1 is 1.25 bits per heavy atom. The van der Waals surface area contributed by atoms with Gasteiger partial charge < -0.3 is 14.8 Å². The molecule has 0 radical (unpaired) electrons. The summed E-state index contributed by atoms with van der Waals surface area (Å²) >= 11 is 0. The van der Waals surface area contributed by atoms with Crippen LogP contribution in [0, 0.1) is 5.92 Å². The smallest absolute Gasteiger partial charge is 0.324 e. The molecule has 10 nitrogen and oxygen atoms in total. The minimum atomic E-state index is -4.00. The predicted octanol–water partition coefficient (Wildman–Crippen LogP) is 0.0931. The van der Waals surface area contributed by atoms with Crippen LogP contribution in [-0.2, 0) is 24.3 Å². The number of imide groups is 1. The maximum Gasteiger partial charge on any atom is 0.324 e. The number of methoxy groups -OCH3 is 1. The lowest BCUT2D eigenvalue weighted by Gasteiger charge is -2.21. The summed E-state index contributed by atoms with van der Waals surface area (Å²) in [6, 6.07) is 3.90. The lowest BCUT2D eigenvalue weighted by Crippen LogP contribution is -2.46. The van der Waals surface area contributed by atoms with Crippen LogP contribution in [0.4, 0.5) is 4.79 Å². The van der Waals surface area contributed by atoms with E-state index < -0.39 is 46.5 Å². The van der Waals surface area contributed by atoms with Crippen molar-refractivity contribution < 1.29 is 32.3 Å². The molecule has 1 saturated heterocycles. The van der Waals surface area contributed by atoms with Gasteiger partial charge in [0.25, 0.3) is 5.91 Å². The molecular weight excluding hydrogens is 390 g/mol. The molecular formula is C17H23N3O7S. The Labute approximate surface area is 163 Å². The maximum absolute atomic E-state index is 12.6. The number of carbonyl (C=O) groups is 3. The Bertz CT molecular complexity index is 837. The summed E-state index contributed by atoms with van der Waals surface area (Å²) in [5.41, 5.74) is 0. The zero-order chi connectivity index (χ0) is 20.9. The van der Waals surface area contributed by atoms with Gasteiger partial charge in [0.05, 0.1) is 12.0 Å². The SMILES string of the molecule is COc1ccc(S(=O)(=O)NC(C(=O)OCC(=O)N2CCNC2=O)C(C)C)cc1. The van der Waals surface area contributed by atoms with Crippen LogP contribution < -0.4 is 14.8 Å². The van der Waals surface area contributed by atoms with Crippen molar-refractivity contribution in [3.8, 4) is 5.75 Å². The number of sulfonamides is 1. The Morgan fingerprint density at radius 3 is 2.39 bits per heavy atom. The standard InChI is InChI=1S/C17H23N3O7S/c1-11(2)15(16(22)27-10-14(21)20-9-8-18-17(20)23)19-28(24,25)13-6-4-12(26-3)5-7-13/h4-7,11,15,19H,8-10H2,1-3H3,(H,18,23). The second kappa shape index (κ2) is 9.02. The van der Waals surface area contributed by atoms with Crippen LogP contribution in [0.25, 0.3) is 0 Å². The largest absolute Gasteiger partial charge is 0.497 e. The van der Waals surface area contributed by atoms with Crippen molar-refractivity contribution >= 4 is 27.9 Å². The number of benzene rings is 1. The van der Waals surface area contributed by atoms with Crippen LogP contribution in [-0.4, -0.2) is 64.1 Å². The molecule has 0 aliphatic carbocycles. The predicted molar refractivity (Wildman–Crippen MR) is 98.0 cm³/mol. The van der Waals surface area contributed by atoms with Crippen molar-refractivity contribution in [1.82, 2.24) is 14.9 Å². The number of hydrogen-bond acceptors (Lipinski definition) is 7. The summed E-state index contributed by atoms with van der Waals surface area (Å²) in [6.07, 6.45) is 0. The molecule has 1 aliphatic rings. The molecule has 0 aromatic heterocycles. The van der Waals surface area contributed by atoms with Crippen LogP contribution in [0.2, 0.25) is 0 Å². The van der Waals surface area contributed by atoms with E-state index in [1.54, 1.807) is 13.8 Å². The average molecular weight is 413 g/mol. The number of esters is 1. The molecule has 1 fully saturated rings. The van der Waals surface area contributed by atoms with Gasteiger partial charge in [0.15, 0.2) is 6.61 Å². The first kappa shape index (κ1) is 21.6. The summed E-state index contributed by atoms with van der Waals surface area (Å²) < 4.78 is 37.3. The van der Waals surface area contributed by atoms with E-state index in [0.717, 1.165) is 4.90 Å². The topological polar surface area (TPSA) is 131 Å².